The Balaban J connectivity index is 1.99. The number of carbonyl (C=O) groups excluding carboxylic acids is 1. The van der Waals surface area contributed by atoms with Crippen molar-refractivity contribution in [2.24, 2.45) is 0 Å². The van der Waals surface area contributed by atoms with Gasteiger partial charge >= 0.3 is 0 Å². The third kappa shape index (κ3) is 4.27. The van der Waals surface area contributed by atoms with E-state index in [2.05, 4.69) is 10.6 Å². The third-order valence-electron chi connectivity index (χ3n) is 2.87. The summed E-state index contributed by atoms with van der Waals surface area (Å²) in [4.78, 5) is 11.9. The summed E-state index contributed by atoms with van der Waals surface area (Å²) in [6.07, 6.45) is 0. The number of rotatable bonds is 4. The maximum absolute atomic E-state index is 11.9. The summed E-state index contributed by atoms with van der Waals surface area (Å²) >= 11 is 17.8. The molecule has 3 nitrogen and oxygen atoms in total. The molecule has 0 aromatic heterocycles. The van der Waals surface area contributed by atoms with E-state index >= 15 is 0 Å². The van der Waals surface area contributed by atoms with Crippen LogP contribution in [0.3, 0.4) is 0 Å². The number of amides is 1. The zero-order valence-corrected chi connectivity index (χ0v) is 13.5. The number of anilines is 2. The summed E-state index contributed by atoms with van der Waals surface area (Å²) in [5, 5.41) is 6.92. The van der Waals surface area contributed by atoms with Gasteiger partial charge in [0.25, 0.3) is 0 Å². The standard InChI is InChI=1S/C15H13Cl3N2O/c1-9-4-2-3-5-13(9)20-15(21)8-19-14-7-11(17)10(16)6-12(14)18/h2-7,19H,8H2,1H3,(H,20,21). The SMILES string of the molecule is Cc1ccccc1NC(=O)CNc1cc(Cl)c(Cl)cc1Cl. The molecule has 0 saturated carbocycles. The van der Waals surface area contributed by atoms with Gasteiger partial charge in [-0.15, -0.1) is 0 Å². The predicted molar refractivity (Wildman–Crippen MR) is 89.8 cm³/mol. The van der Waals surface area contributed by atoms with Gasteiger partial charge in [0.05, 0.1) is 27.3 Å². The van der Waals surface area contributed by atoms with Crippen LogP contribution < -0.4 is 10.6 Å². The van der Waals surface area contributed by atoms with Crippen molar-refractivity contribution in [2.75, 3.05) is 17.2 Å². The van der Waals surface area contributed by atoms with Crippen molar-refractivity contribution in [2.45, 2.75) is 6.92 Å². The first-order valence-electron chi connectivity index (χ1n) is 6.21. The van der Waals surface area contributed by atoms with Gasteiger partial charge in [0, 0.05) is 5.69 Å². The Morgan fingerprint density at radius 1 is 1.00 bits per heavy atom. The molecule has 0 atom stereocenters. The molecule has 0 unspecified atom stereocenters. The lowest BCUT2D eigenvalue weighted by Gasteiger charge is -2.11. The highest BCUT2D eigenvalue weighted by Gasteiger charge is 2.08. The lowest BCUT2D eigenvalue weighted by molar-refractivity contribution is -0.114. The molecule has 0 aliphatic carbocycles. The molecule has 0 radical (unpaired) electrons. The molecular weight excluding hydrogens is 331 g/mol. The molecule has 0 aliphatic heterocycles. The van der Waals surface area contributed by atoms with Crippen molar-refractivity contribution in [3.05, 3.63) is 57.0 Å². The van der Waals surface area contributed by atoms with E-state index in [4.69, 9.17) is 34.8 Å². The number of para-hydroxylation sites is 1. The molecule has 1 amide bonds. The molecule has 2 aromatic carbocycles. The molecule has 110 valence electrons. The second-order valence-electron chi connectivity index (χ2n) is 4.46. The molecule has 0 heterocycles. The molecule has 21 heavy (non-hydrogen) atoms. The van der Waals surface area contributed by atoms with Gasteiger partial charge in [-0.2, -0.15) is 0 Å². The lowest BCUT2D eigenvalue weighted by Crippen LogP contribution is -2.22. The smallest absolute Gasteiger partial charge is 0.243 e. The van der Waals surface area contributed by atoms with Crippen LogP contribution in [0.5, 0.6) is 0 Å². The van der Waals surface area contributed by atoms with Gasteiger partial charge in [0.15, 0.2) is 0 Å². The van der Waals surface area contributed by atoms with Crippen molar-refractivity contribution in [1.82, 2.24) is 0 Å². The zero-order chi connectivity index (χ0) is 15.4. The van der Waals surface area contributed by atoms with Crippen LogP contribution in [0.2, 0.25) is 15.1 Å². The Morgan fingerprint density at radius 3 is 2.38 bits per heavy atom. The third-order valence-corrected chi connectivity index (χ3v) is 3.90. The summed E-state index contributed by atoms with van der Waals surface area (Å²) in [7, 11) is 0. The monoisotopic (exact) mass is 342 g/mol. The van der Waals surface area contributed by atoms with Crippen molar-refractivity contribution < 1.29 is 4.79 Å². The molecule has 6 heteroatoms. The summed E-state index contributed by atoms with van der Waals surface area (Å²) in [6, 6.07) is 10.7. The quantitative estimate of drug-likeness (QED) is 0.766. The maximum atomic E-state index is 11.9. The fraction of sp³-hybridized carbons (Fsp3) is 0.133. The molecule has 0 spiro atoms. The summed E-state index contributed by atoms with van der Waals surface area (Å²) in [6.45, 7) is 2.00. The average Bonchev–Trinajstić information content (AvgIpc) is 2.44. The van der Waals surface area contributed by atoms with Crippen LogP contribution in [-0.4, -0.2) is 12.5 Å². The Kier molecular flexibility index (Phi) is 5.34. The van der Waals surface area contributed by atoms with E-state index in [0.717, 1.165) is 11.3 Å². The van der Waals surface area contributed by atoms with Crippen LogP contribution in [0.15, 0.2) is 36.4 Å². The van der Waals surface area contributed by atoms with Gasteiger partial charge in [0.1, 0.15) is 0 Å². The van der Waals surface area contributed by atoms with Gasteiger partial charge in [-0.1, -0.05) is 53.0 Å². The van der Waals surface area contributed by atoms with Crippen LogP contribution in [0.25, 0.3) is 0 Å². The van der Waals surface area contributed by atoms with Crippen LogP contribution in [0.4, 0.5) is 11.4 Å². The molecule has 2 rings (SSSR count). The maximum Gasteiger partial charge on any atom is 0.243 e. The van der Waals surface area contributed by atoms with E-state index in [-0.39, 0.29) is 12.5 Å². The Morgan fingerprint density at radius 2 is 1.67 bits per heavy atom. The van der Waals surface area contributed by atoms with Gasteiger partial charge in [-0.05, 0) is 30.7 Å². The Labute approximate surface area is 138 Å². The number of halogens is 3. The molecular formula is C15H13Cl3N2O. The minimum absolute atomic E-state index is 0.0754. The molecule has 2 N–H and O–H groups in total. The van der Waals surface area contributed by atoms with Crippen LogP contribution >= 0.6 is 34.8 Å². The highest BCUT2D eigenvalue weighted by Crippen LogP contribution is 2.32. The number of hydrogen-bond donors (Lipinski definition) is 2. The van der Waals surface area contributed by atoms with E-state index in [1.54, 1.807) is 6.07 Å². The van der Waals surface area contributed by atoms with E-state index in [9.17, 15) is 4.79 Å². The van der Waals surface area contributed by atoms with Crippen molar-refractivity contribution in [1.29, 1.82) is 0 Å². The fourth-order valence-electron chi connectivity index (χ4n) is 1.74. The first-order valence-corrected chi connectivity index (χ1v) is 7.34. The van der Waals surface area contributed by atoms with Crippen molar-refractivity contribution >= 4 is 52.1 Å². The van der Waals surface area contributed by atoms with E-state index in [1.165, 1.54) is 6.07 Å². The Hall–Kier alpha value is -1.42. The number of benzene rings is 2. The minimum atomic E-state index is -0.175. The Bertz CT molecular complexity index is 674. The second-order valence-corrected chi connectivity index (χ2v) is 5.68. The number of nitrogens with one attached hydrogen (secondary N) is 2. The predicted octanol–water partition coefficient (Wildman–Crippen LogP) is 5.01. The average molecular weight is 344 g/mol. The van der Waals surface area contributed by atoms with Gasteiger partial charge in [-0.25, -0.2) is 0 Å². The summed E-state index contributed by atoms with van der Waals surface area (Å²) in [5.74, 6) is -0.175. The lowest BCUT2D eigenvalue weighted by atomic mass is 10.2. The van der Waals surface area contributed by atoms with Gasteiger partial charge < -0.3 is 10.6 Å². The first-order chi connectivity index (χ1) is 9.97. The van der Waals surface area contributed by atoms with Crippen LogP contribution in [0.1, 0.15) is 5.56 Å². The molecule has 0 bridgehead atoms. The van der Waals surface area contributed by atoms with Crippen molar-refractivity contribution in [3.8, 4) is 0 Å². The van der Waals surface area contributed by atoms with Crippen molar-refractivity contribution in [3.63, 3.8) is 0 Å². The summed E-state index contributed by atoms with van der Waals surface area (Å²) < 4.78 is 0. The number of carbonyl (C=O) groups is 1. The summed E-state index contributed by atoms with van der Waals surface area (Å²) in [5.41, 5.74) is 2.34. The van der Waals surface area contributed by atoms with E-state index in [0.29, 0.717) is 20.8 Å². The van der Waals surface area contributed by atoms with E-state index < -0.39 is 0 Å². The first kappa shape index (κ1) is 16.0. The molecule has 0 saturated heterocycles. The fourth-order valence-corrected chi connectivity index (χ4v) is 2.35. The van der Waals surface area contributed by atoms with Gasteiger partial charge in [0.2, 0.25) is 5.91 Å². The minimum Gasteiger partial charge on any atom is -0.375 e. The largest absolute Gasteiger partial charge is 0.375 e. The topological polar surface area (TPSA) is 41.1 Å². The highest BCUT2D eigenvalue weighted by molar-refractivity contribution is 6.44. The van der Waals surface area contributed by atoms with Crippen LogP contribution in [0, 0.1) is 6.92 Å². The normalized spacial score (nSPS) is 10.3. The molecule has 0 fully saturated rings. The van der Waals surface area contributed by atoms with Gasteiger partial charge in [-0.3, -0.25) is 4.79 Å². The highest BCUT2D eigenvalue weighted by atomic mass is 35.5. The molecule has 2 aromatic rings. The second kappa shape index (κ2) is 7.03. The number of aryl methyl sites for hydroxylation is 1. The zero-order valence-electron chi connectivity index (χ0n) is 11.2. The number of hydrogen-bond acceptors (Lipinski definition) is 2. The van der Waals surface area contributed by atoms with Crippen LogP contribution in [-0.2, 0) is 4.79 Å². The molecule has 0 aliphatic rings. The van der Waals surface area contributed by atoms with E-state index in [1.807, 2.05) is 31.2 Å².